The minimum atomic E-state index is -0.989. The van der Waals surface area contributed by atoms with Gasteiger partial charge in [-0.1, -0.05) is 51.1 Å². The van der Waals surface area contributed by atoms with E-state index in [4.69, 9.17) is 9.47 Å². The van der Waals surface area contributed by atoms with Crippen molar-refractivity contribution >= 4 is 69.0 Å². The van der Waals surface area contributed by atoms with Crippen LogP contribution in [0.5, 0.6) is 0 Å². The molecule has 5 amide bonds. The molecule has 3 aliphatic rings. The highest BCUT2D eigenvalue weighted by Crippen LogP contribution is 2.32. The van der Waals surface area contributed by atoms with Gasteiger partial charge < -0.3 is 50.5 Å². The summed E-state index contributed by atoms with van der Waals surface area (Å²) in [6.07, 6.45) is 1.05. The number of aliphatic hydroxyl groups excluding tert-OH is 1. The summed E-state index contributed by atoms with van der Waals surface area (Å²) in [5.41, 5.74) is 7.84. The van der Waals surface area contributed by atoms with Crippen LogP contribution < -0.4 is 26.2 Å². The van der Waals surface area contributed by atoms with Gasteiger partial charge in [-0.25, -0.2) is 13.8 Å². The summed E-state index contributed by atoms with van der Waals surface area (Å²) in [6.45, 7) is 11.0. The van der Waals surface area contributed by atoms with Gasteiger partial charge in [0.2, 0.25) is 23.6 Å². The number of nitrogens with zero attached hydrogens (tertiary/aromatic N) is 5. The van der Waals surface area contributed by atoms with E-state index in [1.807, 2.05) is 82.3 Å². The van der Waals surface area contributed by atoms with Crippen LogP contribution in [-0.4, -0.2) is 143 Å². The molecule has 0 bridgehead atoms. The lowest BCUT2D eigenvalue weighted by Crippen LogP contribution is -2.57. The normalized spacial score (nSPS) is 17.4. The van der Waals surface area contributed by atoms with Gasteiger partial charge in [-0.15, -0.1) is 11.3 Å². The molecule has 1 unspecified atom stereocenters. The SMILES string of the molecule is Cc1ncsc1-c1ccc(CNC(=O)[C@@H]2C[C@@H](O)CN2C(=O)C(NC(=O)CCOCCC(=O)N2CCN(c3ccc(C(=O)Nc4n[nH]c5ccc(Cc6cc(F)cc(F)c6)cc45)c(NC4CCOCC4)c3)CC2)C(C)(C)C)cc1. The number of β-amino-alcohol motifs (C(OH)–C–C–N with tert-alkyl or cyclic N) is 1. The molecule has 3 saturated heterocycles. The fourth-order valence-corrected chi connectivity index (χ4v) is 11.1. The molecule has 21 heteroatoms. The minimum absolute atomic E-state index is 0.0228. The highest BCUT2D eigenvalue weighted by Gasteiger charge is 2.44. The largest absolute Gasteiger partial charge is 0.391 e. The number of piperazine rings is 1. The number of aromatic amines is 1. The molecule has 0 saturated carbocycles. The number of carbonyl (C=O) groups is 5. The maximum atomic E-state index is 14.1. The Kier molecular flexibility index (Phi) is 18.0. The molecule has 6 aromatic rings. The predicted molar refractivity (Wildman–Crippen MR) is 298 cm³/mol. The quantitative estimate of drug-likeness (QED) is 0.0453. The standard InChI is InChI=1S/C58H68F2N10O8S/c1-35-52(79-34-62-35)39-8-5-36(6-9-39)32-61-56(75)49-31-44(71)33-70(49)57(76)53(58(2,3)4)64-50(72)15-23-78-24-16-51(73)69-19-17-68(18-20-69)43-10-11-45(48(30-43)63-42-13-21-77-22-14-42)55(74)65-54-46-28-37(7-12-47(46)66-67-54)25-38-26-40(59)29-41(60)27-38/h5-12,26-30,34,42,44,49,53,63,71H,13-25,31-33H2,1-4H3,(H,61,75)(H,64,72)(H2,65,66,67,74)/t44-,49+,53?/m1/s1. The van der Waals surface area contributed by atoms with Gasteiger partial charge in [-0.2, -0.15) is 5.10 Å². The summed E-state index contributed by atoms with van der Waals surface area (Å²) in [7, 11) is 0. The Hall–Kier alpha value is -7.33. The summed E-state index contributed by atoms with van der Waals surface area (Å²) < 4.78 is 39.2. The van der Waals surface area contributed by atoms with E-state index in [0.29, 0.717) is 72.9 Å². The Morgan fingerprint density at radius 2 is 1.61 bits per heavy atom. The number of fused-ring (bicyclic) bond motifs is 1. The third-order valence-electron chi connectivity index (χ3n) is 14.7. The summed E-state index contributed by atoms with van der Waals surface area (Å²) in [5, 5.41) is 31.0. The number of aliphatic hydroxyl groups is 1. The molecule has 79 heavy (non-hydrogen) atoms. The molecule has 3 fully saturated rings. The Morgan fingerprint density at radius 3 is 2.32 bits per heavy atom. The van der Waals surface area contributed by atoms with Gasteiger partial charge in [0, 0.05) is 94.2 Å². The molecular formula is C58H68F2N10O8S. The minimum Gasteiger partial charge on any atom is -0.391 e. The fraction of sp³-hybridized carbons (Fsp3) is 0.431. The topological polar surface area (TPSA) is 223 Å². The van der Waals surface area contributed by atoms with Crippen LogP contribution in [0.25, 0.3) is 21.3 Å². The average Bonchev–Trinajstić information content (AvgIpc) is 4.19. The molecule has 0 spiro atoms. The molecule has 0 radical (unpaired) electrons. The number of rotatable bonds is 19. The molecule has 4 aromatic carbocycles. The van der Waals surface area contributed by atoms with Crippen molar-refractivity contribution in [2.45, 2.75) is 97.0 Å². The lowest BCUT2D eigenvalue weighted by atomic mass is 9.85. The van der Waals surface area contributed by atoms with E-state index in [1.165, 1.54) is 17.0 Å². The molecule has 18 nitrogen and oxygen atoms in total. The van der Waals surface area contributed by atoms with Crippen LogP contribution in [0.3, 0.4) is 0 Å². The second-order valence-electron chi connectivity index (χ2n) is 21.5. The number of hydrogen-bond donors (Lipinski definition) is 6. The molecule has 9 rings (SSSR count). The zero-order valence-corrected chi connectivity index (χ0v) is 45.7. The number of ether oxygens (including phenoxy) is 2. The lowest BCUT2D eigenvalue weighted by molar-refractivity contribution is -0.144. The van der Waals surface area contributed by atoms with Gasteiger partial charge >= 0.3 is 0 Å². The number of hydrogen-bond acceptors (Lipinski definition) is 13. The fourth-order valence-electron chi connectivity index (χ4n) is 10.3. The first-order valence-corrected chi connectivity index (χ1v) is 27.7. The third kappa shape index (κ3) is 14.3. The number of nitrogens with one attached hydrogen (secondary N) is 5. The van der Waals surface area contributed by atoms with Crippen molar-refractivity contribution in [1.29, 1.82) is 0 Å². The van der Waals surface area contributed by atoms with Gasteiger partial charge in [0.25, 0.3) is 5.91 Å². The van der Waals surface area contributed by atoms with Crippen molar-refractivity contribution in [2.24, 2.45) is 5.41 Å². The molecule has 5 heterocycles. The van der Waals surface area contributed by atoms with E-state index in [-0.39, 0.29) is 75.7 Å². The zero-order valence-electron chi connectivity index (χ0n) is 44.9. The van der Waals surface area contributed by atoms with Crippen molar-refractivity contribution in [3.8, 4) is 10.4 Å². The maximum absolute atomic E-state index is 14.1. The summed E-state index contributed by atoms with van der Waals surface area (Å²) >= 11 is 1.56. The average molecular weight is 1100 g/mol. The molecule has 3 aliphatic heterocycles. The van der Waals surface area contributed by atoms with Crippen LogP contribution in [-0.2, 0) is 41.6 Å². The second kappa shape index (κ2) is 25.2. The number of aromatic nitrogens is 3. The second-order valence-corrected chi connectivity index (χ2v) is 22.4. The van der Waals surface area contributed by atoms with Crippen LogP contribution in [0.1, 0.15) is 85.6 Å². The first kappa shape index (κ1) is 56.4. The number of benzene rings is 4. The van der Waals surface area contributed by atoms with Crippen LogP contribution in [0.15, 0.2) is 84.4 Å². The van der Waals surface area contributed by atoms with Gasteiger partial charge in [0.15, 0.2) is 5.82 Å². The Morgan fingerprint density at radius 1 is 0.886 bits per heavy atom. The summed E-state index contributed by atoms with van der Waals surface area (Å²) in [5.74, 6) is -2.71. The predicted octanol–water partition coefficient (Wildman–Crippen LogP) is 6.96. The number of halogens is 2. The van der Waals surface area contributed by atoms with E-state index in [9.17, 15) is 37.9 Å². The van der Waals surface area contributed by atoms with Crippen LogP contribution >= 0.6 is 11.3 Å². The van der Waals surface area contributed by atoms with Crippen molar-refractivity contribution in [2.75, 3.05) is 74.7 Å². The van der Waals surface area contributed by atoms with E-state index < -0.39 is 47.1 Å². The highest BCUT2D eigenvalue weighted by atomic mass is 32.1. The molecule has 2 aromatic heterocycles. The third-order valence-corrected chi connectivity index (χ3v) is 15.6. The van der Waals surface area contributed by atoms with Crippen molar-refractivity contribution in [1.82, 2.24) is 35.6 Å². The number of likely N-dealkylation sites (tertiary alicyclic amines) is 1. The number of H-pyrrole nitrogens is 1. The van der Waals surface area contributed by atoms with E-state index in [0.717, 1.165) is 51.9 Å². The van der Waals surface area contributed by atoms with Crippen molar-refractivity contribution in [3.05, 3.63) is 124 Å². The number of carbonyl (C=O) groups excluding carboxylic acids is 5. The molecule has 3 atom stereocenters. The van der Waals surface area contributed by atoms with Gasteiger partial charge in [0.05, 0.1) is 52.9 Å². The van der Waals surface area contributed by atoms with Crippen LogP contribution in [0, 0.1) is 24.0 Å². The van der Waals surface area contributed by atoms with Crippen molar-refractivity contribution < 1.29 is 47.3 Å². The van der Waals surface area contributed by atoms with Crippen LogP contribution in [0.2, 0.25) is 0 Å². The molecule has 0 aliphatic carbocycles. The first-order valence-electron chi connectivity index (χ1n) is 26.8. The first-order chi connectivity index (χ1) is 37.9. The number of anilines is 3. The summed E-state index contributed by atoms with van der Waals surface area (Å²) in [4.78, 5) is 79.1. The Labute approximate surface area is 461 Å². The molecular weight excluding hydrogens is 1030 g/mol. The Balaban J connectivity index is 0.734. The highest BCUT2D eigenvalue weighted by molar-refractivity contribution is 7.13. The number of aryl methyl sites for hydroxylation is 1. The molecule has 6 N–H and O–H groups in total. The monoisotopic (exact) mass is 1100 g/mol. The number of thiazole rings is 1. The smallest absolute Gasteiger partial charge is 0.258 e. The van der Waals surface area contributed by atoms with Gasteiger partial charge in [-0.05, 0) is 96.3 Å². The number of amides is 5. The maximum Gasteiger partial charge on any atom is 0.258 e. The van der Waals surface area contributed by atoms with Crippen molar-refractivity contribution in [3.63, 3.8) is 0 Å². The van der Waals surface area contributed by atoms with E-state index in [2.05, 4.69) is 41.3 Å². The van der Waals surface area contributed by atoms with E-state index >= 15 is 0 Å². The van der Waals surface area contributed by atoms with E-state index in [1.54, 1.807) is 27.8 Å². The Bertz CT molecular complexity index is 3130. The van der Waals surface area contributed by atoms with Gasteiger partial charge in [0.1, 0.15) is 23.7 Å². The molecule has 418 valence electrons. The summed E-state index contributed by atoms with van der Waals surface area (Å²) in [6, 6.07) is 20.6. The lowest BCUT2D eigenvalue weighted by Gasteiger charge is -2.36. The van der Waals surface area contributed by atoms with Gasteiger partial charge in [-0.3, -0.25) is 29.1 Å². The van der Waals surface area contributed by atoms with Crippen LogP contribution in [0.4, 0.5) is 26.0 Å². The zero-order chi connectivity index (χ0) is 55.8.